The van der Waals surface area contributed by atoms with Gasteiger partial charge in [0.05, 0.1) is 11.7 Å². The minimum atomic E-state index is -0.238. The summed E-state index contributed by atoms with van der Waals surface area (Å²) in [5.74, 6) is -0.238. The van der Waals surface area contributed by atoms with Crippen LogP contribution in [0.5, 0.6) is 0 Å². The number of esters is 1. The molecule has 14 heavy (non-hydrogen) atoms. The van der Waals surface area contributed by atoms with Crippen molar-refractivity contribution >= 4 is 5.97 Å². The Bertz CT molecular complexity index is 340. The molecule has 0 unspecified atom stereocenters. The standard InChI is InChI=1S/C12H16O2/c1-8(2)14-12(13)11-6-5-9(3)7-10(11)4/h5-8H,1-4H3. The lowest BCUT2D eigenvalue weighted by atomic mass is 10.1. The Hall–Kier alpha value is -1.31. The molecule has 0 saturated heterocycles. The summed E-state index contributed by atoms with van der Waals surface area (Å²) in [5.41, 5.74) is 2.78. The Balaban J connectivity index is 2.90. The number of carbonyl (C=O) groups is 1. The molecule has 2 nitrogen and oxygen atoms in total. The summed E-state index contributed by atoms with van der Waals surface area (Å²) in [6.45, 7) is 7.62. The molecule has 0 aliphatic carbocycles. The van der Waals surface area contributed by atoms with Crippen LogP contribution in [0.25, 0.3) is 0 Å². The summed E-state index contributed by atoms with van der Waals surface area (Å²) in [6, 6.07) is 5.72. The van der Waals surface area contributed by atoms with E-state index in [-0.39, 0.29) is 12.1 Å². The van der Waals surface area contributed by atoms with Crippen molar-refractivity contribution in [2.24, 2.45) is 0 Å². The van der Waals surface area contributed by atoms with Crippen LogP contribution in [-0.4, -0.2) is 12.1 Å². The van der Waals surface area contributed by atoms with Gasteiger partial charge in [0.25, 0.3) is 0 Å². The van der Waals surface area contributed by atoms with Crippen LogP contribution in [0.3, 0.4) is 0 Å². The summed E-state index contributed by atoms with van der Waals surface area (Å²) in [4.78, 5) is 11.6. The third kappa shape index (κ3) is 2.59. The highest BCUT2D eigenvalue weighted by Crippen LogP contribution is 2.12. The number of aryl methyl sites for hydroxylation is 2. The molecule has 1 aromatic carbocycles. The zero-order chi connectivity index (χ0) is 10.7. The lowest BCUT2D eigenvalue weighted by Crippen LogP contribution is -2.12. The molecule has 1 aromatic rings. The van der Waals surface area contributed by atoms with E-state index in [9.17, 15) is 4.79 Å². The minimum Gasteiger partial charge on any atom is -0.459 e. The van der Waals surface area contributed by atoms with Gasteiger partial charge in [-0.25, -0.2) is 4.79 Å². The van der Waals surface area contributed by atoms with Gasteiger partial charge in [0.1, 0.15) is 0 Å². The molecular weight excluding hydrogens is 176 g/mol. The molecule has 0 fully saturated rings. The van der Waals surface area contributed by atoms with Gasteiger partial charge in [-0.05, 0) is 39.3 Å². The maximum absolute atomic E-state index is 11.6. The highest BCUT2D eigenvalue weighted by atomic mass is 16.5. The largest absolute Gasteiger partial charge is 0.459 e. The molecule has 0 aliphatic rings. The van der Waals surface area contributed by atoms with E-state index in [4.69, 9.17) is 4.74 Å². The molecule has 0 radical (unpaired) electrons. The van der Waals surface area contributed by atoms with E-state index < -0.39 is 0 Å². The van der Waals surface area contributed by atoms with Crippen molar-refractivity contribution in [2.45, 2.75) is 33.8 Å². The SMILES string of the molecule is Cc1ccc(C(=O)OC(C)C)c(C)c1. The summed E-state index contributed by atoms with van der Waals surface area (Å²) >= 11 is 0. The first-order valence-corrected chi connectivity index (χ1v) is 4.79. The third-order valence-electron chi connectivity index (χ3n) is 1.94. The molecule has 0 amide bonds. The monoisotopic (exact) mass is 192 g/mol. The molecule has 0 atom stereocenters. The fourth-order valence-electron chi connectivity index (χ4n) is 1.32. The van der Waals surface area contributed by atoms with Crippen LogP contribution in [0.1, 0.15) is 35.3 Å². The Kier molecular flexibility index (Phi) is 3.28. The topological polar surface area (TPSA) is 26.3 Å². The Morgan fingerprint density at radius 1 is 1.29 bits per heavy atom. The maximum atomic E-state index is 11.6. The van der Waals surface area contributed by atoms with E-state index in [1.54, 1.807) is 0 Å². The first kappa shape index (κ1) is 10.8. The minimum absolute atomic E-state index is 0.0665. The quantitative estimate of drug-likeness (QED) is 0.673. The molecule has 1 rings (SSSR count). The molecule has 0 spiro atoms. The lowest BCUT2D eigenvalue weighted by molar-refractivity contribution is 0.0377. The molecular formula is C12H16O2. The molecule has 0 heterocycles. The third-order valence-corrected chi connectivity index (χ3v) is 1.94. The zero-order valence-electron chi connectivity index (χ0n) is 9.13. The van der Waals surface area contributed by atoms with Crippen molar-refractivity contribution in [1.29, 1.82) is 0 Å². The van der Waals surface area contributed by atoms with Gasteiger partial charge in [0, 0.05) is 0 Å². The van der Waals surface area contributed by atoms with Crippen LogP contribution in [0.4, 0.5) is 0 Å². The predicted octanol–water partition coefficient (Wildman–Crippen LogP) is 2.87. The molecule has 76 valence electrons. The van der Waals surface area contributed by atoms with Gasteiger partial charge >= 0.3 is 5.97 Å². The van der Waals surface area contributed by atoms with Crippen molar-refractivity contribution in [3.63, 3.8) is 0 Å². The fraction of sp³-hybridized carbons (Fsp3) is 0.417. The van der Waals surface area contributed by atoms with E-state index in [1.165, 1.54) is 0 Å². The van der Waals surface area contributed by atoms with Crippen LogP contribution in [-0.2, 0) is 4.74 Å². The first-order valence-electron chi connectivity index (χ1n) is 4.79. The molecule has 0 aromatic heterocycles. The highest BCUT2D eigenvalue weighted by molar-refractivity contribution is 5.91. The zero-order valence-corrected chi connectivity index (χ0v) is 9.13. The average molecular weight is 192 g/mol. The van der Waals surface area contributed by atoms with Gasteiger partial charge in [0.2, 0.25) is 0 Å². The van der Waals surface area contributed by atoms with E-state index in [2.05, 4.69) is 0 Å². The highest BCUT2D eigenvalue weighted by Gasteiger charge is 2.11. The first-order chi connectivity index (χ1) is 6.50. The second-order valence-electron chi connectivity index (χ2n) is 3.77. The van der Waals surface area contributed by atoms with Crippen LogP contribution < -0.4 is 0 Å². The van der Waals surface area contributed by atoms with Crippen molar-refractivity contribution in [3.8, 4) is 0 Å². The van der Waals surface area contributed by atoms with E-state index in [0.717, 1.165) is 11.1 Å². The Labute approximate surface area is 84.9 Å². The predicted molar refractivity (Wildman–Crippen MR) is 56.5 cm³/mol. The summed E-state index contributed by atoms with van der Waals surface area (Å²) < 4.78 is 5.12. The number of rotatable bonds is 2. The molecule has 0 N–H and O–H groups in total. The number of hydrogen-bond donors (Lipinski definition) is 0. The van der Waals surface area contributed by atoms with Gasteiger partial charge < -0.3 is 4.74 Å². The summed E-state index contributed by atoms with van der Waals surface area (Å²) in [5, 5.41) is 0. The Morgan fingerprint density at radius 2 is 1.93 bits per heavy atom. The van der Waals surface area contributed by atoms with Crippen molar-refractivity contribution < 1.29 is 9.53 Å². The van der Waals surface area contributed by atoms with Crippen LogP contribution in [0.15, 0.2) is 18.2 Å². The Morgan fingerprint density at radius 3 is 2.43 bits per heavy atom. The van der Waals surface area contributed by atoms with Gasteiger partial charge in [-0.2, -0.15) is 0 Å². The van der Waals surface area contributed by atoms with Gasteiger partial charge in [-0.15, -0.1) is 0 Å². The number of ether oxygens (including phenoxy) is 1. The number of benzene rings is 1. The van der Waals surface area contributed by atoms with Crippen LogP contribution in [0.2, 0.25) is 0 Å². The molecule has 2 heteroatoms. The lowest BCUT2D eigenvalue weighted by Gasteiger charge is -2.09. The second-order valence-corrected chi connectivity index (χ2v) is 3.77. The molecule has 0 bridgehead atoms. The number of carbonyl (C=O) groups excluding carboxylic acids is 1. The van der Waals surface area contributed by atoms with Gasteiger partial charge in [-0.1, -0.05) is 17.7 Å². The summed E-state index contributed by atoms with van der Waals surface area (Å²) in [6.07, 6.45) is -0.0665. The normalized spacial score (nSPS) is 10.4. The number of hydrogen-bond acceptors (Lipinski definition) is 2. The fourth-order valence-corrected chi connectivity index (χ4v) is 1.32. The van der Waals surface area contributed by atoms with E-state index in [0.29, 0.717) is 5.56 Å². The second kappa shape index (κ2) is 4.27. The molecule has 0 aliphatic heterocycles. The van der Waals surface area contributed by atoms with Crippen LogP contribution in [0, 0.1) is 13.8 Å². The summed E-state index contributed by atoms with van der Waals surface area (Å²) in [7, 11) is 0. The maximum Gasteiger partial charge on any atom is 0.338 e. The van der Waals surface area contributed by atoms with E-state index >= 15 is 0 Å². The smallest absolute Gasteiger partial charge is 0.338 e. The van der Waals surface area contributed by atoms with Crippen molar-refractivity contribution in [3.05, 3.63) is 34.9 Å². The van der Waals surface area contributed by atoms with Crippen molar-refractivity contribution in [2.75, 3.05) is 0 Å². The van der Waals surface area contributed by atoms with Crippen LogP contribution >= 0.6 is 0 Å². The average Bonchev–Trinajstić information content (AvgIpc) is 2.01. The van der Waals surface area contributed by atoms with Crippen molar-refractivity contribution in [1.82, 2.24) is 0 Å². The van der Waals surface area contributed by atoms with Gasteiger partial charge in [-0.3, -0.25) is 0 Å². The van der Waals surface area contributed by atoms with Gasteiger partial charge in [0.15, 0.2) is 0 Å². The van der Waals surface area contributed by atoms with E-state index in [1.807, 2.05) is 45.9 Å². The molecule has 0 saturated carbocycles.